The highest BCUT2D eigenvalue weighted by Crippen LogP contribution is 2.38. The van der Waals surface area contributed by atoms with Gasteiger partial charge in [-0.25, -0.2) is 9.59 Å². The van der Waals surface area contributed by atoms with Crippen LogP contribution in [0.1, 0.15) is 47.4 Å². The molecule has 0 amide bonds. The van der Waals surface area contributed by atoms with Crippen LogP contribution in [0.3, 0.4) is 0 Å². The van der Waals surface area contributed by atoms with Gasteiger partial charge in [0.15, 0.2) is 0 Å². The van der Waals surface area contributed by atoms with E-state index in [0.29, 0.717) is 12.8 Å². The van der Waals surface area contributed by atoms with Crippen LogP contribution in [0.15, 0.2) is 97.6 Å². The Balaban J connectivity index is 2.12. The summed E-state index contributed by atoms with van der Waals surface area (Å²) in [5.41, 5.74) is 7.26. The Hall–Kier alpha value is -3.31. The minimum absolute atomic E-state index is 0.237. The maximum Gasteiger partial charge on any atom is 0.373 e. The van der Waals surface area contributed by atoms with Crippen LogP contribution in [0.5, 0.6) is 0 Å². The summed E-state index contributed by atoms with van der Waals surface area (Å²) in [7, 11) is -4.02. The second kappa shape index (κ2) is 13.7. The minimum Gasteiger partial charge on any atom is -0.289 e. The van der Waals surface area contributed by atoms with Crippen molar-refractivity contribution < 1.29 is 29.1 Å². The largest absolute Gasteiger partial charge is 0.373 e. The standard InChI is InChI=1S/C31H38O6Si2/c1-10-31(7,11-2)30(36-34-28(32)24-16-20-26(21-17-24)38(8,12-3)13-4)37-35-29(33)25-18-22-27(23-19-25)39(9,14-5)15-6/h12-23H,3-7,10-11H2,1-2,8-9H3. The van der Waals surface area contributed by atoms with Gasteiger partial charge in [-0.05, 0) is 44.0 Å². The molecule has 8 heteroatoms. The lowest BCUT2D eigenvalue weighted by atomic mass is 9.84. The highest BCUT2D eigenvalue weighted by atomic mass is 28.3. The maximum atomic E-state index is 12.7. The summed E-state index contributed by atoms with van der Waals surface area (Å²) in [5.74, 6) is -1.48. The van der Waals surface area contributed by atoms with Gasteiger partial charge < -0.3 is 0 Å². The summed E-state index contributed by atoms with van der Waals surface area (Å²) >= 11 is 0. The summed E-state index contributed by atoms with van der Waals surface area (Å²) in [5, 5.41) is 2.10. The Morgan fingerprint density at radius 3 is 1.23 bits per heavy atom. The van der Waals surface area contributed by atoms with Gasteiger partial charge in [-0.3, -0.25) is 9.78 Å². The fourth-order valence-electron chi connectivity index (χ4n) is 3.55. The van der Waals surface area contributed by atoms with Crippen LogP contribution >= 0.6 is 0 Å². The van der Waals surface area contributed by atoms with Crippen LogP contribution in [-0.2, 0) is 19.6 Å². The lowest BCUT2D eigenvalue weighted by Gasteiger charge is -2.30. The third kappa shape index (κ3) is 7.42. The Kier molecular flexibility index (Phi) is 11.2. The smallest absolute Gasteiger partial charge is 0.289 e. The van der Waals surface area contributed by atoms with Crippen LogP contribution in [-0.4, -0.2) is 28.1 Å². The van der Waals surface area contributed by atoms with Gasteiger partial charge in [0.25, 0.3) is 0 Å². The Morgan fingerprint density at radius 1 is 0.667 bits per heavy atom. The number of carbonyl (C=O) groups is 2. The van der Waals surface area contributed by atoms with Crippen molar-refractivity contribution in [1.82, 2.24) is 0 Å². The molecule has 6 nitrogen and oxygen atoms in total. The molecule has 0 aliphatic heterocycles. The second-order valence-electron chi connectivity index (χ2n) is 9.72. The van der Waals surface area contributed by atoms with Crippen molar-refractivity contribution in [2.24, 2.45) is 5.41 Å². The molecule has 0 spiro atoms. The molecule has 0 saturated carbocycles. The molecule has 0 aliphatic carbocycles. The molecule has 2 aromatic rings. The molecule has 0 fully saturated rings. The summed E-state index contributed by atoms with van der Waals surface area (Å²) in [6.07, 6.45) is 0.699. The molecule has 0 saturated heterocycles. The average molecular weight is 563 g/mol. The molecule has 0 N–H and O–H groups in total. The van der Waals surface area contributed by atoms with Crippen molar-refractivity contribution in [3.05, 3.63) is 122 Å². The monoisotopic (exact) mass is 562 g/mol. The summed E-state index contributed by atoms with van der Waals surface area (Å²) in [6.45, 7) is 27.7. The quantitative estimate of drug-likeness (QED) is 0.147. The Morgan fingerprint density at radius 2 is 0.974 bits per heavy atom. The molecule has 0 atom stereocenters. The number of hydrogen-bond donors (Lipinski definition) is 0. The van der Waals surface area contributed by atoms with E-state index in [-0.39, 0.29) is 17.4 Å². The van der Waals surface area contributed by atoms with E-state index in [1.807, 2.05) is 60.9 Å². The molecular formula is C31H38O6Si2. The number of benzene rings is 2. The zero-order chi connectivity index (χ0) is 29.3. The van der Waals surface area contributed by atoms with Crippen molar-refractivity contribution in [3.63, 3.8) is 0 Å². The molecule has 0 unspecified atom stereocenters. The van der Waals surface area contributed by atoms with Gasteiger partial charge in [-0.2, -0.15) is 0 Å². The van der Waals surface area contributed by atoms with E-state index < -0.39 is 33.5 Å². The van der Waals surface area contributed by atoms with Gasteiger partial charge >= 0.3 is 18.2 Å². The van der Waals surface area contributed by atoms with E-state index >= 15 is 0 Å². The van der Waals surface area contributed by atoms with E-state index in [4.69, 9.17) is 19.6 Å². The lowest BCUT2D eigenvalue weighted by molar-refractivity contribution is -0.381. The summed E-state index contributed by atoms with van der Waals surface area (Å²) < 4.78 is 0. The van der Waals surface area contributed by atoms with Crippen molar-refractivity contribution in [1.29, 1.82) is 0 Å². The van der Waals surface area contributed by atoms with Crippen molar-refractivity contribution >= 4 is 38.5 Å². The Bertz CT molecular complexity index is 1080. The maximum absolute atomic E-state index is 12.7. The first-order valence-electron chi connectivity index (χ1n) is 12.7. The predicted octanol–water partition coefficient (Wildman–Crippen LogP) is 6.17. The predicted molar refractivity (Wildman–Crippen MR) is 161 cm³/mol. The SMILES string of the molecule is [CH2]C(CC)(CC)[C](OOC(=O)c1ccc([Si](C)(C=C)C=C)cc1)OOC(=O)c1ccc([Si](C)(C=C)C=C)cc1. The molecule has 0 bridgehead atoms. The Labute approximate surface area is 234 Å². The van der Waals surface area contributed by atoms with E-state index in [1.165, 1.54) is 0 Å². The first kappa shape index (κ1) is 31.9. The van der Waals surface area contributed by atoms with Crippen LogP contribution in [0, 0.1) is 18.6 Å². The van der Waals surface area contributed by atoms with Gasteiger partial charge in [0.1, 0.15) is 16.1 Å². The average Bonchev–Trinajstić information content (AvgIpc) is 2.99. The third-order valence-corrected chi connectivity index (χ3v) is 13.9. The number of carbonyl (C=O) groups excluding carboxylic acids is 2. The van der Waals surface area contributed by atoms with Gasteiger partial charge in [0.2, 0.25) is 0 Å². The topological polar surface area (TPSA) is 71.1 Å². The molecule has 39 heavy (non-hydrogen) atoms. The normalized spacial score (nSPS) is 11.9. The van der Waals surface area contributed by atoms with E-state index in [1.54, 1.807) is 24.3 Å². The van der Waals surface area contributed by atoms with Crippen LogP contribution in [0.4, 0.5) is 0 Å². The van der Waals surface area contributed by atoms with E-state index in [0.717, 1.165) is 10.4 Å². The van der Waals surface area contributed by atoms with Crippen molar-refractivity contribution in [2.45, 2.75) is 39.8 Å². The zero-order valence-electron chi connectivity index (χ0n) is 23.3. The molecule has 2 rings (SSSR count). The van der Waals surface area contributed by atoms with Gasteiger partial charge in [0.05, 0.1) is 11.1 Å². The molecule has 2 aromatic carbocycles. The zero-order valence-corrected chi connectivity index (χ0v) is 25.3. The van der Waals surface area contributed by atoms with Crippen molar-refractivity contribution in [2.75, 3.05) is 0 Å². The molecular weight excluding hydrogens is 525 g/mol. The molecule has 206 valence electrons. The van der Waals surface area contributed by atoms with Crippen LogP contribution in [0.2, 0.25) is 13.1 Å². The van der Waals surface area contributed by atoms with Gasteiger partial charge in [-0.1, -0.05) is 84.4 Å². The lowest BCUT2D eigenvalue weighted by Crippen LogP contribution is -2.40. The summed E-state index contributed by atoms with van der Waals surface area (Å²) in [6, 6.07) is 14.0. The molecule has 0 aliphatic rings. The van der Waals surface area contributed by atoms with Crippen molar-refractivity contribution in [3.8, 4) is 0 Å². The first-order valence-corrected chi connectivity index (χ1v) is 18.0. The van der Waals surface area contributed by atoms with E-state index in [2.05, 4.69) is 46.3 Å². The van der Waals surface area contributed by atoms with Gasteiger partial charge in [-0.15, -0.1) is 36.1 Å². The first-order chi connectivity index (χ1) is 18.5. The molecule has 2 radical (unpaired) electrons. The fourth-order valence-corrected chi connectivity index (χ4v) is 6.59. The third-order valence-electron chi connectivity index (χ3n) is 7.35. The fraction of sp³-hybridized carbons (Fsp3) is 0.226. The van der Waals surface area contributed by atoms with E-state index in [9.17, 15) is 9.59 Å². The van der Waals surface area contributed by atoms with Crippen LogP contribution in [0.25, 0.3) is 0 Å². The number of hydrogen-bond acceptors (Lipinski definition) is 6. The second-order valence-corrected chi connectivity index (χ2v) is 17.6. The number of rotatable bonds is 15. The highest BCUT2D eigenvalue weighted by Gasteiger charge is 2.40. The molecule has 0 aromatic heterocycles. The minimum atomic E-state index is -2.01. The van der Waals surface area contributed by atoms with Crippen LogP contribution < -0.4 is 10.4 Å². The summed E-state index contributed by atoms with van der Waals surface area (Å²) in [4.78, 5) is 46.1. The highest BCUT2D eigenvalue weighted by molar-refractivity contribution is 6.99. The van der Waals surface area contributed by atoms with Gasteiger partial charge in [0, 0.05) is 5.41 Å². The molecule has 0 heterocycles.